The first-order chi connectivity index (χ1) is 12.8. The highest BCUT2D eigenvalue weighted by Gasteiger charge is 2.19. The zero-order chi connectivity index (χ0) is 17.8. The smallest absolute Gasteiger partial charge is 0.253 e. The molecule has 0 aliphatic carbocycles. The number of likely N-dealkylation sites (tertiary alicyclic amines) is 1. The van der Waals surface area contributed by atoms with Gasteiger partial charge >= 0.3 is 0 Å². The van der Waals surface area contributed by atoms with Crippen molar-refractivity contribution in [2.24, 2.45) is 0 Å². The van der Waals surface area contributed by atoms with Gasteiger partial charge in [0, 0.05) is 30.3 Å². The number of nitrogens with zero attached hydrogens (tertiary/aromatic N) is 3. The molecule has 0 saturated carbocycles. The second-order valence-electron chi connectivity index (χ2n) is 6.24. The largest absolute Gasteiger partial charge is 0.439 e. The van der Waals surface area contributed by atoms with Gasteiger partial charge in [0.25, 0.3) is 5.91 Å². The Bertz CT molecular complexity index is 906. The van der Waals surface area contributed by atoms with Gasteiger partial charge in [0.15, 0.2) is 0 Å². The summed E-state index contributed by atoms with van der Waals surface area (Å²) in [6, 6.07) is 18.9. The van der Waals surface area contributed by atoms with E-state index in [-0.39, 0.29) is 5.91 Å². The van der Waals surface area contributed by atoms with E-state index in [1.807, 2.05) is 53.4 Å². The van der Waals surface area contributed by atoms with Crippen molar-refractivity contribution in [2.45, 2.75) is 12.8 Å². The summed E-state index contributed by atoms with van der Waals surface area (Å²) in [5.74, 6) is 1.10. The molecule has 1 aliphatic rings. The maximum Gasteiger partial charge on any atom is 0.253 e. The Morgan fingerprint density at radius 2 is 1.73 bits per heavy atom. The lowest BCUT2D eigenvalue weighted by Crippen LogP contribution is -2.27. The minimum absolute atomic E-state index is 0.0561. The minimum Gasteiger partial charge on any atom is -0.439 e. The zero-order valence-corrected chi connectivity index (χ0v) is 14.3. The van der Waals surface area contributed by atoms with Crippen LogP contribution < -0.4 is 4.74 Å². The number of benzene rings is 2. The molecule has 1 fully saturated rings. The molecule has 0 N–H and O–H groups in total. The zero-order valence-electron chi connectivity index (χ0n) is 14.3. The quantitative estimate of drug-likeness (QED) is 0.712. The third-order valence-electron chi connectivity index (χ3n) is 4.41. The highest BCUT2D eigenvalue weighted by molar-refractivity contribution is 5.94. The van der Waals surface area contributed by atoms with Crippen molar-refractivity contribution in [3.8, 4) is 22.9 Å². The average molecular weight is 345 g/mol. The van der Waals surface area contributed by atoms with Gasteiger partial charge in [-0.1, -0.05) is 36.4 Å². The number of amides is 1. The van der Waals surface area contributed by atoms with E-state index in [1.54, 1.807) is 12.1 Å². The van der Waals surface area contributed by atoms with E-state index < -0.39 is 0 Å². The van der Waals surface area contributed by atoms with Gasteiger partial charge < -0.3 is 9.64 Å². The van der Waals surface area contributed by atoms with E-state index in [0.717, 1.165) is 37.2 Å². The third-order valence-corrected chi connectivity index (χ3v) is 4.41. The maximum atomic E-state index is 12.5. The molecule has 5 heteroatoms. The summed E-state index contributed by atoms with van der Waals surface area (Å²) in [5.41, 5.74) is 2.43. The Morgan fingerprint density at radius 1 is 0.923 bits per heavy atom. The van der Waals surface area contributed by atoms with Crippen LogP contribution in [-0.2, 0) is 0 Å². The molecule has 0 spiro atoms. The van der Waals surface area contributed by atoms with Crippen molar-refractivity contribution >= 4 is 5.91 Å². The highest BCUT2D eigenvalue weighted by Crippen LogP contribution is 2.25. The summed E-state index contributed by atoms with van der Waals surface area (Å²) in [4.78, 5) is 22.9. The van der Waals surface area contributed by atoms with Gasteiger partial charge in [-0.05, 0) is 31.0 Å². The second kappa shape index (κ2) is 7.35. The first-order valence-corrected chi connectivity index (χ1v) is 8.74. The first kappa shape index (κ1) is 16.3. The molecule has 0 radical (unpaired) electrons. The summed E-state index contributed by atoms with van der Waals surface area (Å²) in [6.07, 6.45) is 3.63. The van der Waals surface area contributed by atoms with Crippen molar-refractivity contribution in [1.29, 1.82) is 0 Å². The number of aromatic nitrogens is 2. The molecule has 4 rings (SSSR count). The molecule has 2 heterocycles. The number of ether oxygens (including phenoxy) is 1. The van der Waals surface area contributed by atoms with Crippen molar-refractivity contribution in [3.63, 3.8) is 0 Å². The van der Waals surface area contributed by atoms with Crippen molar-refractivity contribution in [3.05, 3.63) is 72.6 Å². The summed E-state index contributed by atoms with van der Waals surface area (Å²) in [5, 5.41) is 0. The summed E-state index contributed by atoms with van der Waals surface area (Å²) >= 11 is 0. The van der Waals surface area contributed by atoms with Crippen LogP contribution in [-0.4, -0.2) is 33.9 Å². The van der Waals surface area contributed by atoms with E-state index in [1.165, 1.54) is 6.33 Å². The van der Waals surface area contributed by atoms with Gasteiger partial charge in [-0.15, -0.1) is 0 Å². The predicted molar refractivity (Wildman–Crippen MR) is 99.1 cm³/mol. The molecule has 1 aromatic heterocycles. The Hall–Kier alpha value is -3.21. The topological polar surface area (TPSA) is 55.3 Å². The molecule has 1 amide bonds. The molecule has 130 valence electrons. The molecule has 0 atom stereocenters. The summed E-state index contributed by atoms with van der Waals surface area (Å²) < 4.78 is 5.87. The summed E-state index contributed by atoms with van der Waals surface area (Å²) in [7, 11) is 0. The van der Waals surface area contributed by atoms with Crippen LogP contribution in [0, 0.1) is 0 Å². The van der Waals surface area contributed by atoms with Crippen molar-refractivity contribution in [1.82, 2.24) is 14.9 Å². The fourth-order valence-corrected chi connectivity index (χ4v) is 3.08. The van der Waals surface area contributed by atoms with Crippen molar-refractivity contribution < 1.29 is 9.53 Å². The summed E-state index contributed by atoms with van der Waals surface area (Å²) in [6.45, 7) is 1.66. The van der Waals surface area contributed by atoms with Gasteiger partial charge in [0.05, 0.1) is 5.69 Å². The lowest BCUT2D eigenvalue weighted by atomic mass is 10.1. The Balaban J connectivity index is 1.54. The molecule has 1 aliphatic heterocycles. The molecule has 0 bridgehead atoms. The number of carbonyl (C=O) groups is 1. The van der Waals surface area contributed by atoms with Crippen LogP contribution in [0.1, 0.15) is 23.2 Å². The third kappa shape index (κ3) is 3.57. The van der Waals surface area contributed by atoms with Crippen molar-refractivity contribution in [2.75, 3.05) is 13.1 Å². The second-order valence-corrected chi connectivity index (χ2v) is 6.24. The molecule has 5 nitrogen and oxygen atoms in total. The number of hydrogen-bond acceptors (Lipinski definition) is 4. The molecule has 26 heavy (non-hydrogen) atoms. The van der Waals surface area contributed by atoms with Gasteiger partial charge in [-0.2, -0.15) is 0 Å². The predicted octanol–water partition coefficient (Wildman–Crippen LogP) is 4.17. The van der Waals surface area contributed by atoms with E-state index in [9.17, 15) is 4.79 Å². The molecule has 3 aromatic rings. The number of hydrogen-bond donors (Lipinski definition) is 0. The van der Waals surface area contributed by atoms with Crippen LogP contribution in [0.25, 0.3) is 11.3 Å². The Labute approximate surface area is 152 Å². The van der Waals surface area contributed by atoms with Crippen LogP contribution in [0.2, 0.25) is 0 Å². The van der Waals surface area contributed by atoms with Crippen LogP contribution in [0.3, 0.4) is 0 Å². The lowest BCUT2D eigenvalue weighted by Gasteiger charge is -2.15. The maximum absolute atomic E-state index is 12.5. The van der Waals surface area contributed by atoms with Gasteiger partial charge in [-0.3, -0.25) is 4.79 Å². The van der Waals surface area contributed by atoms with Crippen LogP contribution in [0.4, 0.5) is 0 Å². The monoisotopic (exact) mass is 345 g/mol. The van der Waals surface area contributed by atoms with Gasteiger partial charge in [0.1, 0.15) is 12.1 Å². The van der Waals surface area contributed by atoms with Crippen LogP contribution in [0.5, 0.6) is 11.6 Å². The minimum atomic E-state index is 0.0561. The first-order valence-electron chi connectivity index (χ1n) is 8.74. The molecule has 2 aromatic carbocycles. The Kier molecular flexibility index (Phi) is 4.60. The van der Waals surface area contributed by atoms with Gasteiger partial charge in [0.2, 0.25) is 5.88 Å². The normalized spacial score (nSPS) is 13.6. The standard InChI is InChI=1S/C21H19N3O2/c25-21(24-11-4-5-12-24)17-9-6-10-18(13-17)26-20-14-19(22-15-23-20)16-7-2-1-3-8-16/h1-3,6-10,13-15H,4-5,11-12H2. The van der Waals surface area contributed by atoms with Crippen LogP contribution in [0.15, 0.2) is 67.0 Å². The fourth-order valence-electron chi connectivity index (χ4n) is 3.08. The SMILES string of the molecule is O=C(c1cccc(Oc2cc(-c3ccccc3)ncn2)c1)N1CCCC1. The highest BCUT2D eigenvalue weighted by atomic mass is 16.5. The molecule has 1 saturated heterocycles. The average Bonchev–Trinajstić information content (AvgIpc) is 3.23. The number of rotatable bonds is 4. The van der Waals surface area contributed by atoms with E-state index in [4.69, 9.17) is 4.74 Å². The van der Waals surface area contributed by atoms with Gasteiger partial charge in [-0.25, -0.2) is 9.97 Å². The Morgan fingerprint density at radius 3 is 2.54 bits per heavy atom. The molecular formula is C21H19N3O2. The lowest BCUT2D eigenvalue weighted by molar-refractivity contribution is 0.0792. The van der Waals surface area contributed by atoms with Crippen LogP contribution >= 0.6 is 0 Å². The number of carbonyl (C=O) groups excluding carboxylic acids is 1. The van der Waals surface area contributed by atoms with E-state index in [0.29, 0.717) is 17.2 Å². The molecule has 0 unspecified atom stereocenters. The molecular weight excluding hydrogens is 326 g/mol. The van der Waals surface area contributed by atoms with E-state index in [2.05, 4.69) is 9.97 Å². The van der Waals surface area contributed by atoms with E-state index >= 15 is 0 Å². The fraction of sp³-hybridized carbons (Fsp3) is 0.190.